The molecule has 0 aliphatic heterocycles. The normalized spacial score (nSPS) is 25.0. The first-order chi connectivity index (χ1) is 8.98. The van der Waals surface area contributed by atoms with Gasteiger partial charge >= 0.3 is 0 Å². The second kappa shape index (κ2) is 4.06. The molecule has 0 spiro atoms. The maximum absolute atomic E-state index is 9.79. The quantitative estimate of drug-likeness (QED) is 0.764. The molecule has 19 heavy (non-hydrogen) atoms. The Hall–Kier alpha value is -1.88. The van der Waals surface area contributed by atoms with Crippen LogP contribution in [0.25, 0.3) is 10.9 Å². The van der Waals surface area contributed by atoms with E-state index in [0.717, 1.165) is 23.1 Å². The van der Waals surface area contributed by atoms with E-state index in [1.165, 1.54) is 0 Å². The average Bonchev–Trinajstić information content (AvgIpc) is 2.38. The molecule has 1 fully saturated rings. The van der Waals surface area contributed by atoms with Crippen LogP contribution in [0.1, 0.15) is 20.3 Å². The molecule has 4 N–H and O–H groups in total. The van der Waals surface area contributed by atoms with E-state index in [1.54, 1.807) is 0 Å². The van der Waals surface area contributed by atoms with Crippen LogP contribution in [-0.2, 0) is 0 Å². The van der Waals surface area contributed by atoms with Crippen molar-refractivity contribution in [3.63, 3.8) is 0 Å². The zero-order chi connectivity index (χ0) is 13.6. The van der Waals surface area contributed by atoms with Crippen LogP contribution in [-0.4, -0.2) is 27.2 Å². The highest BCUT2D eigenvalue weighted by Crippen LogP contribution is 2.42. The summed E-state index contributed by atoms with van der Waals surface area (Å²) in [5.74, 6) is 1.01. The molecule has 0 amide bonds. The third-order valence-electron chi connectivity index (χ3n) is 4.15. The molecule has 1 aromatic carbocycles. The summed E-state index contributed by atoms with van der Waals surface area (Å²) in [5, 5.41) is 14.1. The van der Waals surface area contributed by atoms with Crippen molar-refractivity contribution in [1.82, 2.24) is 9.97 Å². The van der Waals surface area contributed by atoms with Crippen LogP contribution in [0.15, 0.2) is 24.3 Å². The smallest absolute Gasteiger partial charge is 0.222 e. The van der Waals surface area contributed by atoms with E-state index in [0.29, 0.717) is 0 Å². The fourth-order valence-corrected chi connectivity index (χ4v) is 2.52. The zero-order valence-electron chi connectivity index (χ0n) is 11.1. The van der Waals surface area contributed by atoms with Gasteiger partial charge in [0, 0.05) is 16.8 Å². The number of anilines is 2. The SMILES string of the molecule is CC1(C)C(O)CC1Nc1nc(N)nc2ccccc12. The van der Waals surface area contributed by atoms with Crippen molar-refractivity contribution in [2.75, 3.05) is 11.1 Å². The Balaban J connectivity index is 1.97. The largest absolute Gasteiger partial charge is 0.392 e. The van der Waals surface area contributed by atoms with Crippen LogP contribution in [0, 0.1) is 5.41 Å². The fourth-order valence-electron chi connectivity index (χ4n) is 2.52. The van der Waals surface area contributed by atoms with Gasteiger partial charge in [-0.05, 0) is 18.6 Å². The lowest BCUT2D eigenvalue weighted by atomic mass is 9.64. The topological polar surface area (TPSA) is 84.1 Å². The predicted octanol–water partition coefficient (Wildman–Crippen LogP) is 1.78. The van der Waals surface area contributed by atoms with Crippen LogP contribution >= 0.6 is 0 Å². The number of rotatable bonds is 2. The zero-order valence-corrected chi connectivity index (χ0v) is 11.1. The third-order valence-corrected chi connectivity index (χ3v) is 4.15. The number of aliphatic hydroxyl groups is 1. The average molecular weight is 258 g/mol. The number of nitrogens with zero attached hydrogens (tertiary/aromatic N) is 2. The lowest BCUT2D eigenvalue weighted by molar-refractivity contribution is -0.0511. The molecule has 0 bridgehead atoms. The van der Waals surface area contributed by atoms with Gasteiger partial charge in [-0.3, -0.25) is 0 Å². The van der Waals surface area contributed by atoms with Gasteiger partial charge in [0.25, 0.3) is 0 Å². The summed E-state index contributed by atoms with van der Waals surface area (Å²) in [6, 6.07) is 7.96. The van der Waals surface area contributed by atoms with Gasteiger partial charge in [0.15, 0.2) is 0 Å². The molecule has 0 radical (unpaired) electrons. The van der Waals surface area contributed by atoms with E-state index < -0.39 is 0 Å². The monoisotopic (exact) mass is 258 g/mol. The number of para-hydroxylation sites is 1. The van der Waals surface area contributed by atoms with Gasteiger partial charge in [-0.2, -0.15) is 4.98 Å². The molecule has 2 atom stereocenters. The Labute approximate surface area is 111 Å². The number of aromatic nitrogens is 2. The van der Waals surface area contributed by atoms with Crippen LogP contribution in [0.2, 0.25) is 0 Å². The van der Waals surface area contributed by atoms with Gasteiger partial charge in [0.2, 0.25) is 5.95 Å². The molecular formula is C14H18N4O. The Morgan fingerprint density at radius 2 is 2.05 bits per heavy atom. The number of hydrogen-bond donors (Lipinski definition) is 3. The van der Waals surface area contributed by atoms with Gasteiger partial charge in [-0.25, -0.2) is 4.98 Å². The standard InChI is InChI=1S/C14H18N4O/c1-14(2)10(7-11(14)19)17-12-8-5-3-4-6-9(8)16-13(15)18-12/h3-6,10-11,19H,7H2,1-2H3,(H3,15,16,17,18). The molecule has 3 rings (SSSR count). The minimum atomic E-state index is -0.268. The molecule has 100 valence electrons. The first kappa shape index (κ1) is 12.2. The number of benzene rings is 1. The number of hydrogen-bond acceptors (Lipinski definition) is 5. The van der Waals surface area contributed by atoms with Gasteiger partial charge in [-0.15, -0.1) is 0 Å². The molecule has 1 saturated carbocycles. The van der Waals surface area contributed by atoms with Crippen molar-refractivity contribution in [1.29, 1.82) is 0 Å². The van der Waals surface area contributed by atoms with Gasteiger partial charge in [0.1, 0.15) is 5.82 Å². The van der Waals surface area contributed by atoms with Gasteiger partial charge < -0.3 is 16.2 Å². The Morgan fingerprint density at radius 1 is 1.32 bits per heavy atom. The van der Waals surface area contributed by atoms with E-state index in [-0.39, 0.29) is 23.5 Å². The van der Waals surface area contributed by atoms with Crippen LogP contribution in [0.4, 0.5) is 11.8 Å². The maximum Gasteiger partial charge on any atom is 0.222 e. The summed E-state index contributed by atoms with van der Waals surface area (Å²) in [6.07, 6.45) is 0.459. The molecule has 1 aromatic heterocycles. The highest BCUT2D eigenvalue weighted by Gasteiger charge is 2.47. The number of aliphatic hydroxyl groups excluding tert-OH is 1. The van der Waals surface area contributed by atoms with Crippen molar-refractivity contribution in [3.05, 3.63) is 24.3 Å². The van der Waals surface area contributed by atoms with Crippen molar-refractivity contribution in [3.8, 4) is 0 Å². The fraction of sp³-hybridized carbons (Fsp3) is 0.429. The number of nitrogens with two attached hydrogens (primary N) is 1. The van der Waals surface area contributed by atoms with Crippen LogP contribution in [0.5, 0.6) is 0 Å². The lowest BCUT2D eigenvalue weighted by Gasteiger charge is -2.49. The Kier molecular flexibility index (Phi) is 2.60. The number of fused-ring (bicyclic) bond motifs is 1. The van der Waals surface area contributed by atoms with E-state index in [4.69, 9.17) is 5.73 Å². The maximum atomic E-state index is 9.79. The first-order valence-electron chi connectivity index (χ1n) is 6.45. The third kappa shape index (κ3) is 1.90. The van der Waals surface area contributed by atoms with Crippen molar-refractivity contribution >= 4 is 22.7 Å². The molecule has 1 aliphatic carbocycles. The molecule has 1 heterocycles. The highest BCUT2D eigenvalue weighted by molar-refractivity contribution is 5.90. The number of nitrogen functional groups attached to an aromatic ring is 1. The number of nitrogens with one attached hydrogen (secondary N) is 1. The van der Waals surface area contributed by atoms with E-state index in [1.807, 2.05) is 38.1 Å². The highest BCUT2D eigenvalue weighted by atomic mass is 16.3. The van der Waals surface area contributed by atoms with Crippen molar-refractivity contribution < 1.29 is 5.11 Å². The molecular weight excluding hydrogens is 240 g/mol. The second-order valence-corrected chi connectivity index (χ2v) is 5.72. The van der Waals surface area contributed by atoms with Crippen molar-refractivity contribution in [2.45, 2.75) is 32.4 Å². The summed E-state index contributed by atoms with van der Waals surface area (Å²) in [4.78, 5) is 8.50. The summed E-state index contributed by atoms with van der Waals surface area (Å²) >= 11 is 0. The molecule has 5 nitrogen and oxygen atoms in total. The molecule has 2 unspecified atom stereocenters. The van der Waals surface area contributed by atoms with Gasteiger partial charge in [0.05, 0.1) is 11.6 Å². The molecule has 2 aromatic rings. The van der Waals surface area contributed by atoms with E-state index >= 15 is 0 Å². The summed E-state index contributed by atoms with van der Waals surface area (Å²) in [6.45, 7) is 4.09. The van der Waals surface area contributed by atoms with Crippen molar-refractivity contribution in [2.24, 2.45) is 5.41 Å². The summed E-state index contributed by atoms with van der Waals surface area (Å²) in [7, 11) is 0. The molecule has 1 aliphatic rings. The Bertz CT molecular complexity index is 626. The Morgan fingerprint density at radius 3 is 2.74 bits per heavy atom. The minimum Gasteiger partial charge on any atom is -0.392 e. The molecule has 5 heteroatoms. The summed E-state index contributed by atoms with van der Waals surface area (Å²) < 4.78 is 0. The first-order valence-corrected chi connectivity index (χ1v) is 6.45. The van der Waals surface area contributed by atoms with E-state index in [9.17, 15) is 5.11 Å². The van der Waals surface area contributed by atoms with Gasteiger partial charge in [-0.1, -0.05) is 26.0 Å². The molecule has 0 saturated heterocycles. The predicted molar refractivity (Wildman–Crippen MR) is 75.8 cm³/mol. The summed E-state index contributed by atoms with van der Waals surface area (Å²) in [5.41, 5.74) is 6.42. The van der Waals surface area contributed by atoms with E-state index in [2.05, 4.69) is 15.3 Å². The van der Waals surface area contributed by atoms with Crippen LogP contribution in [0.3, 0.4) is 0 Å². The lowest BCUT2D eigenvalue weighted by Crippen LogP contribution is -2.57. The van der Waals surface area contributed by atoms with Crippen LogP contribution < -0.4 is 11.1 Å². The second-order valence-electron chi connectivity index (χ2n) is 5.72. The minimum absolute atomic E-state index is 0.152.